The molecular formula is C11H12BrNO2. The first-order valence-corrected chi connectivity index (χ1v) is 5.75. The van der Waals surface area contributed by atoms with Gasteiger partial charge in [0.15, 0.2) is 0 Å². The molecule has 0 radical (unpaired) electrons. The van der Waals surface area contributed by atoms with E-state index >= 15 is 0 Å². The van der Waals surface area contributed by atoms with Gasteiger partial charge < -0.3 is 0 Å². The number of nitro groups is 1. The van der Waals surface area contributed by atoms with Crippen LogP contribution < -0.4 is 0 Å². The third-order valence-corrected chi connectivity index (χ3v) is 2.47. The molecule has 0 spiro atoms. The van der Waals surface area contributed by atoms with Gasteiger partial charge in [-0.3, -0.25) is 10.1 Å². The highest BCUT2D eigenvalue weighted by atomic mass is 79.9. The lowest BCUT2D eigenvalue weighted by Gasteiger charge is -1.98. The first-order chi connectivity index (χ1) is 7.15. The van der Waals surface area contributed by atoms with E-state index in [1.165, 1.54) is 0 Å². The molecule has 0 heterocycles. The number of alkyl halides is 1. The van der Waals surface area contributed by atoms with Gasteiger partial charge in [-0.15, -0.1) is 0 Å². The molecule has 0 aliphatic heterocycles. The smallest absolute Gasteiger partial charge is 0.258 e. The van der Waals surface area contributed by atoms with Gasteiger partial charge in [-0.1, -0.05) is 40.2 Å². The highest BCUT2D eigenvalue weighted by molar-refractivity contribution is 9.09. The second-order valence-electron chi connectivity index (χ2n) is 3.18. The van der Waals surface area contributed by atoms with Gasteiger partial charge in [0.1, 0.15) is 0 Å². The Balaban J connectivity index is 2.92. The van der Waals surface area contributed by atoms with Crippen LogP contribution in [0.25, 0.3) is 6.08 Å². The molecule has 0 unspecified atom stereocenters. The zero-order valence-electron chi connectivity index (χ0n) is 8.44. The molecule has 0 saturated carbocycles. The van der Waals surface area contributed by atoms with Gasteiger partial charge >= 0.3 is 0 Å². The molecule has 15 heavy (non-hydrogen) atoms. The van der Waals surface area contributed by atoms with E-state index in [4.69, 9.17) is 0 Å². The maximum atomic E-state index is 10.7. The molecular weight excluding hydrogens is 258 g/mol. The summed E-state index contributed by atoms with van der Waals surface area (Å²) >= 11 is 3.31. The Bertz CT molecular complexity index is 388. The molecule has 0 atom stereocenters. The van der Waals surface area contributed by atoms with Gasteiger partial charge in [0.2, 0.25) is 0 Å². The van der Waals surface area contributed by atoms with Gasteiger partial charge in [-0.2, -0.15) is 0 Å². The maximum absolute atomic E-state index is 10.7. The first kappa shape index (κ1) is 11.9. The van der Waals surface area contributed by atoms with Gasteiger partial charge in [0.25, 0.3) is 5.69 Å². The number of allylic oxidation sites excluding steroid dienone is 1. The number of nitrogens with zero attached hydrogens (tertiary/aromatic N) is 1. The summed E-state index contributed by atoms with van der Waals surface area (Å²) in [5, 5.41) is 11.6. The zero-order valence-corrected chi connectivity index (χ0v) is 10.0. The number of hydrogen-bond acceptors (Lipinski definition) is 2. The fourth-order valence-corrected chi connectivity index (χ4v) is 1.47. The van der Waals surface area contributed by atoms with E-state index in [2.05, 4.69) is 15.9 Å². The lowest BCUT2D eigenvalue weighted by molar-refractivity contribution is -0.385. The Kier molecular flexibility index (Phi) is 4.49. The molecule has 4 heteroatoms. The average Bonchev–Trinajstić information content (AvgIpc) is 2.20. The molecule has 0 aromatic heterocycles. The monoisotopic (exact) mass is 269 g/mol. The fraction of sp³-hybridized carbons (Fsp3) is 0.273. The Hall–Kier alpha value is -1.16. The van der Waals surface area contributed by atoms with Gasteiger partial charge in [-0.05, 0) is 18.9 Å². The van der Waals surface area contributed by atoms with Gasteiger partial charge in [0, 0.05) is 17.0 Å². The molecule has 1 aromatic rings. The van der Waals surface area contributed by atoms with Crippen molar-refractivity contribution in [1.29, 1.82) is 0 Å². The van der Waals surface area contributed by atoms with Crippen LogP contribution in [-0.4, -0.2) is 10.3 Å². The standard InChI is InChI=1S/C11H12BrNO2/c1-9-5-6-10(4-2-3-7-12)8-11(9)13(14)15/h2,4-6,8H,3,7H2,1H3. The molecule has 0 amide bonds. The number of hydrogen-bond donors (Lipinski definition) is 0. The van der Waals surface area contributed by atoms with E-state index in [0.29, 0.717) is 5.56 Å². The lowest BCUT2D eigenvalue weighted by atomic mass is 10.1. The molecule has 0 aliphatic rings. The maximum Gasteiger partial charge on any atom is 0.272 e. The van der Waals surface area contributed by atoms with E-state index in [1.54, 1.807) is 19.1 Å². The molecule has 1 rings (SSSR count). The van der Waals surface area contributed by atoms with Crippen LogP contribution in [0.3, 0.4) is 0 Å². The fourth-order valence-electron chi connectivity index (χ4n) is 1.21. The summed E-state index contributed by atoms with van der Waals surface area (Å²) in [7, 11) is 0. The zero-order chi connectivity index (χ0) is 11.3. The normalized spacial score (nSPS) is 10.8. The van der Waals surface area contributed by atoms with Crippen LogP contribution in [0, 0.1) is 17.0 Å². The Morgan fingerprint density at radius 1 is 1.53 bits per heavy atom. The van der Waals surface area contributed by atoms with Crippen LogP contribution in [0.1, 0.15) is 17.5 Å². The first-order valence-electron chi connectivity index (χ1n) is 4.62. The Morgan fingerprint density at radius 2 is 2.27 bits per heavy atom. The molecule has 0 bridgehead atoms. The third kappa shape index (κ3) is 3.47. The largest absolute Gasteiger partial charge is 0.272 e. The van der Waals surface area contributed by atoms with Gasteiger partial charge in [0.05, 0.1) is 4.92 Å². The summed E-state index contributed by atoms with van der Waals surface area (Å²) in [6, 6.07) is 5.25. The molecule has 0 N–H and O–H groups in total. The number of rotatable bonds is 4. The second kappa shape index (κ2) is 5.66. The van der Waals surface area contributed by atoms with Crippen LogP contribution in [0.15, 0.2) is 24.3 Å². The summed E-state index contributed by atoms with van der Waals surface area (Å²) in [6.07, 6.45) is 4.80. The van der Waals surface area contributed by atoms with Crippen LogP contribution in [0.2, 0.25) is 0 Å². The van der Waals surface area contributed by atoms with E-state index in [9.17, 15) is 10.1 Å². The highest BCUT2D eigenvalue weighted by Crippen LogP contribution is 2.20. The summed E-state index contributed by atoms with van der Waals surface area (Å²) in [6.45, 7) is 1.74. The topological polar surface area (TPSA) is 43.1 Å². The average molecular weight is 270 g/mol. The van der Waals surface area contributed by atoms with Crippen molar-refractivity contribution in [3.8, 4) is 0 Å². The molecule has 1 aromatic carbocycles. The predicted molar refractivity (Wildman–Crippen MR) is 65.3 cm³/mol. The SMILES string of the molecule is Cc1ccc(C=CCCBr)cc1[N+](=O)[O-]. The summed E-state index contributed by atoms with van der Waals surface area (Å²) in [4.78, 5) is 10.3. The predicted octanol–water partition coefficient (Wildman–Crippen LogP) is 3.70. The summed E-state index contributed by atoms with van der Waals surface area (Å²) in [5.41, 5.74) is 1.74. The molecule has 80 valence electrons. The third-order valence-electron chi connectivity index (χ3n) is 2.02. The summed E-state index contributed by atoms with van der Waals surface area (Å²) < 4.78 is 0. The van der Waals surface area contributed by atoms with Crippen molar-refractivity contribution in [2.24, 2.45) is 0 Å². The van der Waals surface area contributed by atoms with E-state index in [1.807, 2.05) is 18.2 Å². The number of nitro benzene ring substituents is 1. The number of halogens is 1. The van der Waals surface area contributed by atoms with Crippen LogP contribution >= 0.6 is 15.9 Å². The van der Waals surface area contributed by atoms with E-state index in [0.717, 1.165) is 17.3 Å². The van der Waals surface area contributed by atoms with Crippen molar-refractivity contribution in [1.82, 2.24) is 0 Å². The van der Waals surface area contributed by atoms with E-state index < -0.39 is 0 Å². The molecule has 3 nitrogen and oxygen atoms in total. The minimum absolute atomic E-state index is 0.177. The van der Waals surface area contributed by atoms with Crippen molar-refractivity contribution >= 4 is 27.7 Å². The Labute approximate surface area is 97.1 Å². The number of aryl methyl sites for hydroxylation is 1. The quantitative estimate of drug-likeness (QED) is 0.475. The van der Waals surface area contributed by atoms with Crippen molar-refractivity contribution in [2.45, 2.75) is 13.3 Å². The summed E-state index contributed by atoms with van der Waals surface area (Å²) in [5.74, 6) is 0. The minimum Gasteiger partial charge on any atom is -0.258 e. The number of benzene rings is 1. The van der Waals surface area contributed by atoms with E-state index in [-0.39, 0.29) is 10.6 Å². The Morgan fingerprint density at radius 3 is 2.87 bits per heavy atom. The van der Waals surface area contributed by atoms with Crippen LogP contribution in [0.4, 0.5) is 5.69 Å². The lowest BCUT2D eigenvalue weighted by Crippen LogP contribution is -1.91. The second-order valence-corrected chi connectivity index (χ2v) is 3.98. The highest BCUT2D eigenvalue weighted by Gasteiger charge is 2.09. The molecule has 0 saturated heterocycles. The van der Waals surface area contributed by atoms with Crippen molar-refractivity contribution in [3.05, 3.63) is 45.5 Å². The van der Waals surface area contributed by atoms with Crippen molar-refractivity contribution in [2.75, 3.05) is 5.33 Å². The van der Waals surface area contributed by atoms with Crippen molar-refractivity contribution < 1.29 is 4.92 Å². The molecule has 0 aliphatic carbocycles. The minimum atomic E-state index is -0.350. The molecule has 0 fully saturated rings. The van der Waals surface area contributed by atoms with Crippen LogP contribution in [0.5, 0.6) is 0 Å². The van der Waals surface area contributed by atoms with Gasteiger partial charge in [-0.25, -0.2) is 0 Å². The van der Waals surface area contributed by atoms with Crippen LogP contribution in [-0.2, 0) is 0 Å². The van der Waals surface area contributed by atoms with Crippen molar-refractivity contribution in [3.63, 3.8) is 0 Å².